The van der Waals surface area contributed by atoms with Crippen LogP contribution >= 0.6 is 0 Å². The van der Waals surface area contributed by atoms with Crippen molar-refractivity contribution in [3.63, 3.8) is 0 Å². The Kier molecular flexibility index (Phi) is 40.1. The van der Waals surface area contributed by atoms with Gasteiger partial charge in [-0.15, -0.1) is 162 Å². The number of aliphatic hydroxyl groups excluding tert-OH is 3. The first kappa shape index (κ1) is 89.9. The van der Waals surface area contributed by atoms with Crippen molar-refractivity contribution < 1.29 is 115 Å². The summed E-state index contributed by atoms with van der Waals surface area (Å²) in [5.41, 5.74) is 18.1. The van der Waals surface area contributed by atoms with Crippen LogP contribution in [0.1, 0.15) is 69.8 Å². The summed E-state index contributed by atoms with van der Waals surface area (Å²) in [4.78, 5) is 60.5. The molecule has 0 saturated heterocycles. The summed E-state index contributed by atoms with van der Waals surface area (Å²) in [6, 6.07) is 89.7. The molecule has 6 aromatic heterocycles. The number of hydrogen-bond acceptors (Lipinski definition) is 14. The SMILES string of the molecule is CC(=O)C=C(C)O.CC(=O)C=C(C)O.CC(=O)C=C(C)O.Cc1cc(-c2[c-]cccc2)ncn1.Cc1cccc(-c2[c-]cccc2)n1.Cc1ccnc(-c2[c-]cccc2)n1.Cc1cnc(-c2[c-]ccc3c2oc2ccccc23)cc1C.[Ir].[Ir].[Ir].[Ir].[c-]1ccccc1-c1nc2ccccc2n1-c1ccccc1. The van der Waals surface area contributed by atoms with E-state index in [2.05, 4.69) is 109 Å². The number of aromatic nitrogens is 8. The maximum absolute atomic E-state index is 10.0. The summed E-state index contributed by atoms with van der Waals surface area (Å²) in [5, 5.41) is 27.3. The molecule has 0 aliphatic rings. The topological polar surface area (TPSA) is 220 Å². The minimum Gasteiger partial charge on any atom is -0.512 e. The second kappa shape index (κ2) is 47.2. The van der Waals surface area contributed by atoms with Crippen molar-refractivity contribution in [3.8, 4) is 62.2 Å². The number of carbonyl (C=O) groups is 3. The number of para-hydroxylation sites is 4. The number of rotatable bonds is 9. The molecule has 0 aliphatic carbocycles. The third kappa shape index (κ3) is 29.7. The third-order valence-electron chi connectivity index (χ3n) is 14.1. The van der Waals surface area contributed by atoms with E-state index in [1.54, 1.807) is 12.5 Å². The maximum atomic E-state index is 10.0. The molecule has 0 atom stereocenters. The molecule has 0 fully saturated rings. The van der Waals surface area contributed by atoms with Gasteiger partial charge in [-0.2, -0.15) is 0 Å². The van der Waals surface area contributed by atoms with Crippen LogP contribution in [0.25, 0.3) is 95.2 Å². The summed E-state index contributed by atoms with van der Waals surface area (Å²) in [5.74, 6) is 1.47. The molecule has 0 saturated carbocycles. The smallest absolute Gasteiger partial charge is 0.155 e. The molecule has 3 N–H and O–H groups in total. The van der Waals surface area contributed by atoms with Crippen LogP contribution in [0, 0.1) is 65.0 Å². The summed E-state index contributed by atoms with van der Waals surface area (Å²) in [6.07, 6.45) is 8.74. The van der Waals surface area contributed by atoms with Crippen molar-refractivity contribution in [2.45, 2.75) is 76.2 Å². The molecule has 19 heteroatoms. The van der Waals surface area contributed by atoms with E-state index in [4.69, 9.17) is 24.7 Å². The van der Waals surface area contributed by atoms with E-state index >= 15 is 0 Å². The number of ketones is 3. The first-order valence-electron chi connectivity index (χ1n) is 32.5. The zero-order valence-corrected chi connectivity index (χ0v) is 69.8. The fourth-order valence-electron chi connectivity index (χ4n) is 9.61. The molecule has 0 spiro atoms. The standard InChI is InChI=1S/C19H13N2.C19H14NO.C12H10N.2C11H9N2.3C5H8O2.4Ir/c1-3-9-15(10-4-1)19-20-17-13-7-8-14-18(17)21(19)16-11-5-2-6-12-16;1-12-10-17(20-11-13(12)2)16-8-5-7-15-14-6-3-4-9-18(14)21-19(15)16;1-10-6-5-9-12(13-10)11-7-3-2-4-8-11;1-9-7-11(13-8-12-9)10-5-3-2-4-6-10;1-9-7-8-12-11(13-9)10-5-3-2-4-6-10;3*1-4(6)3-5(2)7;;;;/h1-9,11-14H;3-7,9-11H,1-2H3;2-7,9H,1H3;2*2-5,7-8H,1H3;3*3,6H,1-2H3;;;;/q5*-1;;;;;;;. The molecule has 6 heterocycles. The normalized spacial score (nSPS) is 10.3. The largest absolute Gasteiger partial charge is 0.512 e. The van der Waals surface area contributed by atoms with Crippen molar-refractivity contribution in [2.24, 2.45) is 0 Å². The van der Waals surface area contributed by atoms with Crippen LogP contribution in [-0.2, 0) is 94.8 Å². The minimum atomic E-state index is -0.125. The maximum Gasteiger partial charge on any atom is 0.155 e. The van der Waals surface area contributed by atoms with Gasteiger partial charge in [0.05, 0.1) is 45.5 Å². The van der Waals surface area contributed by atoms with Crippen LogP contribution in [0.3, 0.4) is 0 Å². The molecular weight excluding hydrogens is 2040 g/mol. The van der Waals surface area contributed by atoms with Gasteiger partial charge < -0.3 is 34.3 Å². The van der Waals surface area contributed by atoms with Crippen molar-refractivity contribution in [1.29, 1.82) is 0 Å². The first-order valence-corrected chi connectivity index (χ1v) is 32.5. The average Bonchev–Trinajstić information content (AvgIpc) is 1.62. The van der Waals surface area contributed by atoms with E-state index in [0.29, 0.717) is 0 Å². The van der Waals surface area contributed by atoms with Crippen LogP contribution in [0.2, 0.25) is 0 Å². The summed E-state index contributed by atoms with van der Waals surface area (Å²) >= 11 is 0. The van der Waals surface area contributed by atoms with Gasteiger partial charge in [0, 0.05) is 139 Å². The minimum absolute atomic E-state index is 0. The predicted molar refractivity (Wildman–Crippen MR) is 407 cm³/mol. The van der Waals surface area contributed by atoms with Gasteiger partial charge in [0.1, 0.15) is 11.9 Å². The zero-order valence-electron chi connectivity index (χ0n) is 60.2. The van der Waals surface area contributed by atoms with Gasteiger partial charge in [-0.05, 0) is 141 Å². The van der Waals surface area contributed by atoms with Gasteiger partial charge in [0.15, 0.2) is 17.3 Å². The van der Waals surface area contributed by atoms with E-state index in [-0.39, 0.29) is 115 Å². The number of carbonyl (C=O) groups excluding carboxylic acids is 3. The zero-order chi connectivity index (χ0) is 73.3. The van der Waals surface area contributed by atoms with E-state index in [9.17, 15) is 14.4 Å². The monoisotopic (exact) mass is 2120 g/mol. The fourth-order valence-corrected chi connectivity index (χ4v) is 9.61. The molecule has 0 amide bonds. The van der Waals surface area contributed by atoms with Gasteiger partial charge in [-0.1, -0.05) is 89.3 Å². The van der Waals surface area contributed by atoms with Gasteiger partial charge in [0.25, 0.3) is 0 Å². The summed E-state index contributed by atoms with van der Waals surface area (Å²) in [6.45, 7) is 18.6. The Morgan fingerprint density at radius 1 is 0.415 bits per heavy atom. The Morgan fingerprint density at radius 2 is 0.934 bits per heavy atom. The van der Waals surface area contributed by atoms with Crippen LogP contribution < -0.4 is 0 Å². The number of nitrogens with zero attached hydrogens (tertiary/aromatic N) is 8. The van der Waals surface area contributed by atoms with Gasteiger partial charge in [-0.25, -0.2) is 4.98 Å². The van der Waals surface area contributed by atoms with Crippen LogP contribution in [0.4, 0.5) is 0 Å². The number of benzene rings is 8. The van der Waals surface area contributed by atoms with Crippen LogP contribution in [0.15, 0.2) is 283 Å². The number of hydrogen-bond donors (Lipinski definition) is 3. The first-order chi connectivity index (χ1) is 49.1. The Bertz CT molecular complexity index is 4850. The molecule has 106 heavy (non-hydrogen) atoms. The molecule has 14 aromatic rings. The molecule has 0 unspecified atom stereocenters. The number of imidazole rings is 1. The molecule has 15 nitrogen and oxygen atoms in total. The Morgan fingerprint density at radius 3 is 1.45 bits per heavy atom. The second-order valence-electron chi connectivity index (χ2n) is 23.0. The van der Waals surface area contributed by atoms with Gasteiger partial charge in [0.2, 0.25) is 0 Å². The number of furan rings is 1. The Labute approximate surface area is 674 Å². The van der Waals surface area contributed by atoms with E-state index in [0.717, 1.165) is 112 Å². The Hall–Kier alpha value is -10.3. The molecule has 4 radical (unpaired) electrons. The number of aryl methyl sites for hydroxylation is 5. The van der Waals surface area contributed by atoms with Gasteiger partial charge >= 0.3 is 0 Å². The third-order valence-corrected chi connectivity index (χ3v) is 14.1. The second-order valence-corrected chi connectivity index (χ2v) is 23.0. The van der Waals surface area contributed by atoms with E-state index < -0.39 is 0 Å². The van der Waals surface area contributed by atoms with Gasteiger partial charge in [-0.3, -0.25) is 34.3 Å². The Balaban J connectivity index is 0.000000323. The molecule has 0 aliphatic heterocycles. The quantitative estimate of drug-likeness (QED) is 0.0695. The molecule has 8 aromatic carbocycles. The molecule has 14 rings (SSSR count). The molecule has 550 valence electrons. The van der Waals surface area contributed by atoms with Crippen LogP contribution in [0.5, 0.6) is 0 Å². The average molecular weight is 2120 g/mol. The number of allylic oxidation sites excluding steroid dienone is 6. The summed E-state index contributed by atoms with van der Waals surface area (Å²) < 4.78 is 8.22. The van der Waals surface area contributed by atoms with Crippen LogP contribution in [-0.4, -0.2) is 72.1 Å². The van der Waals surface area contributed by atoms with Crippen molar-refractivity contribution in [2.75, 3.05) is 0 Å². The fraction of sp³-hybridized carbons (Fsp3) is 0.126. The predicted octanol–water partition coefficient (Wildman–Crippen LogP) is 20.0. The van der Waals surface area contributed by atoms with E-state index in [1.807, 2.05) is 221 Å². The van der Waals surface area contributed by atoms with Crippen molar-refractivity contribution in [1.82, 2.24) is 39.5 Å². The number of aliphatic hydroxyl groups is 3. The van der Waals surface area contributed by atoms with Crippen molar-refractivity contribution >= 4 is 50.3 Å². The number of pyridine rings is 2. The number of fused-ring (bicyclic) bond motifs is 4. The molecular formula is C87H79Ir4N8O7-5. The molecule has 0 bridgehead atoms. The summed E-state index contributed by atoms with van der Waals surface area (Å²) in [7, 11) is 0. The van der Waals surface area contributed by atoms with Crippen molar-refractivity contribution in [3.05, 3.63) is 337 Å². The van der Waals surface area contributed by atoms with E-state index in [1.165, 1.54) is 70.9 Å².